The first-order valence-electron chi connectivity index (χ1n) is 7.63. The van der Waals surface area contributed by atoms with Crippen LogP contribution in [0.1, 0.15) is 22.3 Å². The summed E-state index contributed by atoms with van der Waals surface area (Å²) in [6.07, 6.45) is 0.656. The Morgan fingerprint density at radius 2 is 1.88 bits per heavy atom. The molecule has 0 unspecified atom stereocenters. The number of carbonyl (C=O) groups is 1. The van der Waals surface area contributed by atoms with Crippen LogP contribution in [0.3, 0.4) is 0 Å². The van der Waals surface area contributed by atoms with Crippen LogP contribution in [0, 0.1) is 5.82 Å². The number of carbonyl (C=O) groups excluding carboxylic acids is 1. The molecule has 5 nitrogen and oxygen atoms in total. The molecule has 25 heavy (non-hydrogen) atoms. The first kappa shape index (κ1) is 17.3. The molecule has 1 N–H and O–H groups in total. The molecule has 1 amide bonds. The van der Waals surface area contributed by atoms with E-state index in [0.29, 0.717) is 29.2 Å². The fourth-order valence-corrected chi connectivity index (χ4v) is 3.50. The summed E-state index contributed by atoms with van der Waals surface area (Å²) in [5.41, 5.74) is 4.29. The van der Waals surface area contributed by atoms with Gasteiger partial charge in [-0.2, -0.15) is 5.10 Å². The van der Waals surface area contributed by atoms with Gasteiger partial charge in [-0.25, -0.2) is 9.82 Å². The molecule has 1 aliphatic heterocycles. The number of ether oxygens (including phenoxy) is 2. The highest BCUT2D eigenvalue weighted by atomic mass is 32.2. The zero-order chi connectivity index (χ0) is 17.8. The van der Waals surface area contributed by atoms with Gasteiger partial charge in [-0.05, 0) is 30.3 Å². The van der Waals surface area contributed by atoms with Crippen LogP contribution in [0.5, 0.6) is 11.5 Å². The summed E-state index contributed by atoms with van der Waals surface area (Å²) in [6.45, 7) is 0. The standard InChI is InChI=1S/C18H17FN2O3S/c1-23-13-7-11(8-14(10-13)24-2)18(22)21-20-16-5-6-25-17-4-3-12(19)9-15(16)17/h3-4,7-10H,5-6H2,1-2H3,(H,21,22)/b20-16-. The van der Waals surface area contributed by atoms with E-state index in [-0.39, 0.29) is 11.7 Å². The van der Waals surface area contributed by atoms with Crippen LogP contribution in [0.15, 0.2) is 46.4 Å². The Labute approximate surface area is 149 Å². The van der Waals surface area contributed by atoms with Gasteiger partial charge in [0.05, 0.1) is 19.9 Å². The van der Waals surface area contributed by atoms with E-state index in [4.69, 9.17) is 9.47 Å². The van der Waals surface area contributed by atoms with E-state index in [1.165, 1.54) is 26.4 Å². The molecule has 130 valence electrons. The highest BCUT2D eigenvalue weighted by molar-refractivity contribution is 7.99. The maximum Gasteiger partial charge on any atom is 0.271 e. The van der Waals surface area contributed by atoms with Crippen molar-refractivity contribution in [3.8, 4) is 11.5 Å². The second kappa shape index (κ2) is 7.57. The maximum absolute atomic E-state index is 13.5. The summed E-state index contributed by atoms with van der Waals surface area (Å²) < 4.78 is 23.8. The van der Waals surface area contributed by atoms with Gasteiger partial charge in [0.1, 0.15) is 17.3 Å². The van der Waals surface area contributed by atoms with Gasteiger partial charge in [0, 0.05) is 34.3 Å². The lowest BCUT2D eigenvalue weighted by atomic mass is 10.1. The lowest BCUT2D eigenvalue weighted by Gasteiger charge is -2.17. The number of rotatable bonds is 4. The second-order valence-electron chi connectivity index (χ2n) is 5.34. The second-order valence-corrected chi connectivity index (χ2v) is 6.48. The minimum Gasteiger partial charge on any atom is -0.497 e. The summed E-state index contributed by atoms with van der Waals surface area (Å²) in [7, 11) is 3.03. The van der Waals surface area contributed by atoms with Crippen molar-refractivity contribution in [2.45, 2.75) is 11.3 Å². The van der Waals surface area contributed by atoms with Gasteiger partial charge in [-0.15, -0.1) is 11.8 Å². The van der Waals surface area contributed by atoms with Crippen molar-refractivity contribution in [2.24, 2.45) is 5.10 Å². The van der Waals surface area contributed by atoms with Crippen LogP contribution in [0.4, 0.5) is 4.39 Å². The molecule has 0 aromatic heterocycles. The maximum atomic E-state index is 13.5. The Kier molecular flexibility index (Phi) is 5.23. The van der Waals surface area contributed by atoms with Crippen molar-refractivity contribution >= 4 is 23.4 Å². The Morgan fingerprint density at radius 3 is 2.56 bits per heavy atom. The van der Waals surface area contributed by atoms with E-state index in [0.717, 1.165) is 16.2 Å². The van der Waals surface area contributed by atoms with E-state index >= 15 is 0 Å². The molecule has 0 aliphatic carbocycles. The number of nitrogens with zero attached hydrogens (tertiary/aromatic N) is 1. The van der Waals surface area contributed by atoms with Gasteiger partial charge in [0.15, 0.2) is 0 Å². The zero-order valence-electron chi connectivity index (χ0n) is 13.8. The highest BCUT2D eigenvalue weighted by Crippen LogP contribution is 2.30. The summed E-state index contributed by atoms with van der Waals surface area (Å²) in [5, 5.41) is 4.21. The van der Waals surface area contributed by atoms with Crippen LogP contribution in [0.25, 0.3) is 0 Å². The highest BCUT2D eigenvalue weighted by Gasteiger charge is 2.18. The Balaban J connectivity index is 1.83. The van der Waals surface area contributed by atoms with Crippen LogP contribution in [0.2, 0.25) is 0 Å². The van der Waals surface area contributed by atoms with E-state index in [1.54, 1.807) is 36.0 Å². The number of hydrogen-bond donors (Lipinski definition) is 1. The smallest absolute Gasteiger partial charge is 0.271 e. The number of hydrazone groups is 1. The molecular weight excluding hydrogens is 343 g/mol. The third-order valence-corrected chi connectivity index (χ3v) is 4.83. The number of nitrogens with one attached hydrogen (secondary N) is 1. The summed E-state index contributed by atoms with van der Waals surface area (Å²) >= 11 is 1.65. The molecule has 0 saturated heterocycles. The molecular formula is C18H17FN2O3S. The molecule has 1 aliphatic rings. The van der Waals surface area contributed by atoms with Crippen molar-refractivity contribution in [3.05, 3.63) is 53.3 Å². The zero-order valence-corrected chi connectivity index (χ0v) is 14.7. The average molecular weight is 360 g/mol. The van der Waals surface area contributed by atoms with E-state index in [2.05, 4.69) is 10.5 Å². The number of benzene rings is 2. The van der Waals surface area contributed by atoms with Crippen LogP contribution < -0.4 is 14.9 Å². The molecule has 2 aromatic rings. The van der Waals surface area contributed by atoms with Gasteiger partial charge in [0.2, 0.25) is 0 Å². The number of methoxy groups -OCH3 is 2. The molecule has 2 aromatic carbocycles. The Morgan fingerprint density at radius 1 is 1.16 bits per heavy atom. The van der Waals surface area contributed by atoms with Crippen LogP contribution in [-0.2, 0) is 0 Å². The predicted octanol–water partition coefficient (Wildman–Crippen LogP) is 3.47. The van der Waals surface area contributed by atoms with Crippen LogP contribution in [-0.4, -0.2) is 31.6 Å². The van der Waals surface area contributed by atoms with Gasteiger partial charge in [0.25, 0.3) is 5.91 Å². The number of halogens is 1. The Hall–Kier alpha value is -2.54. The molecule has 1 heterocycles. The van der Waals surface area contributed by atoms with Gasteiger partial charge in [-0.3, -0.25) is 4.79 Å². The van der Waals surface area contributed by atoms with Crippen molar-refractivity contribution in [1.82, 2.24) is 5.43 Å². The molecule has 7 heteroatoms. The molecule has 0 radical (unpaired) electrons. The minimum absolute atomic E-state index is 0.321. The van der Waals surface area contributed by atoms with Crippen molar-refractivity contribution in [2.75, 3.05) is 20.0 Å². The van der Waals surface area contributed by atoms with Gasteiger partial charge >= 0.3 is 0 Å². The molecule has 0 spiro atoms. The third kappa shape index (κ3) is 3.93. The first-order chi connectivity index (χ1) is 12.1. The van der Waals surface area contributed by atoms with Crippen LogP contribution >= 0.6 is 11.8 Å². The fourth-order valence-electron chi connectivity index (χ4n) is 2.48. The minimum atomic E-state index is -0.388. The number of fused-ring (bicyclic) bond motifs is 1. The summed E-state index contributed by atoms with van der Waals surface area (Å²) in [6, 6.07) is 9.49. The fraction of sp³-hybridized carbons (Fsp3) is 0.222. The topological polar surface area (TPSA) is 59.9 Å². The lowest BCUT2D eigenvalue weighted by Crippen LogP contribution is -2.22. The van der Waals surface area contributed by atoms with Gasteiger partial charge < -0.3 is 9.47 Å². The summed E-state index contributed by atoms with van der Waals surface area (Å²) in [4.78, 5) is 13.4. The Bertz CT molecular complexity index is 817. The quantitative estimate of drug-likeness (QED) is 0.848. The third-order valence-electron chi connectivity index (χ3n) is 3.75. The van der Waals surface area contributed by atoms with Crippen molar-refractivity contribution < 1.29 is 18.7 Å². The van der Waals surface area contributed by atoms with E-state index < -0.39 is 0 Å². The SMILES string of the molecule is COc1cc(OC)cc(C(=O)N/N=C2/CCSc3ccc(F)cc32)c1. The molecule has 0 atom stereocenters. The monoisotopic (exact) mass is 360 g/mol. The number of thioether (sulfide) groups is 1. The normalized spacial score (nSPS) is 14.8. The molecule has 0 saturated carbocycles. The van der Waals surface area contributed by atoms with Gasteiger partial charge in [-0.1, -0.05) is 0 Å². The lowest BCUT2D eigenvalue weighted by molar-refractivity contribution is 0.0954. The van der Waals surface area contributed by atoms with Crippen molar-refractivity contribution in [3.63, 3.8) is 0 Å². The average Bonchev–Trinajstić information content (AvgIpc) is 2.65. The summed E-state index contributed by atoms with van der Waals surface area (Å²) in [5.74, 6) is 1.15. The first-order valence-corrected chi connectivity index (χ1v) is 8.62. The predicted molar refractivity (Wildman–Crippen MR) is 95.3 cm³/mol. The number of hydrogen-bond acceptors (Lipinski definition) is 5. The molecule has 3 rings (SSSR count). The molecule has 0 fully saturated rings. The van der Waals surface area contributed by atoms with E-state index in [1.807, 2.05) is 0 Å². The molecule has 0 bridgehead atoms. The largest absolute Gasteiger partial charge is 0.497 e. The van der Waals surface area contributed by atoms with Crippen molar-refractivity contribution in [1.29, 1.82) is 0 Å². The number of amides is 1. The van der Waals surface area contributed by atoms with E-state index in [9.17, 15) is 9.18 Å².